The van der Waals surface area contributed by atoms with Gasteiger partial charge in [0.1, 0.15) is 5.82 Å². The van der Waals surface area contributed by atoms with Gasteiger partial charge in [0, 0.05) is 11.0 Å². The van der Waals surface area contributed by atoms with Crippen LogP contribution in [0, 0.1) is 5.82 Å². The number of carboxylic acid groups (broad SMARTS) is 1. The fourth-order valence-electron chi connectivity index (χ4n) is 1.50. The van der Waals surface area contributed by atoms with Crippen molar-refractivity contribution in [1.82, 2.24) is 0 Å². The van der Waals surface area contributed by atoms with Crippen molar-refractivity contribution < 1.29 is 19.1 Å². The van der Waals surface area contributed by atoms with Gasteiger partial charge >= 0.3 is 5.97 Å². The number of thiophene rings is 1. The van der Waals surface area contributed by atoms with Crippen molar-refractivity contribution in [3.8, 4) is 0 Å². The first-order chi connectivity index (χ1) is 9.95. The molecule has 1 heterocycles. The number of rotatable bonds is 4. The number of halogens is 2. The summed E-state index contributed by atoms with van der Waals surface area (Å²) in [5.41, 5.74) is -0.270. The van der Waals surface area contributed by atoms with Crippen molar-refractivity contribution >= 4 is 46.6 Å². The van der Waals surface area contributed by atoms with Gasteiger partial charge in [-0.3, -0.25) is 4.79 Å². The molecule has 1 amide bonds. The van der Waals surface area contributed by atoms with Crippen LogP contribution in [0.15, 0.2) is 36.4 Å². The molecular weight excluding hydrogens is 317 g/mol. The second kappa shape index (κ2) is 6.51. The van der Waals surface area contributed by atoms with E-state index in [0.29, 0.717) is 4.34 Å². The molecule has 0 unspecified atom stereocenters. The highest BCUT2D eigenvalue weighted by molar-refractivity contribution is 7.17. The maximum atomic E-state index is 13.6. The summed E-state index contributed by atoms with van der Waals surface area (Å²) in [6, 6.07) is 6.71. The van der Waals surface area contributed by atoms with Gasteiger partial charge in [0.2, 0.25) is 5.91 Å². The van der Waals surface area contributed by atoms with Gasteiger partial charge in [-0.1, -0.05) is 11.6 Å². The van der Waals surface area contributed by atoms with E-state index in [1.165, 1.54) is 29.5 Å². The van der Waals surface area contributed by atoms with E-state index in [0.717, 1.165) is 10.9 Å². The molecule has 108 valence electrons. The third kappa shape index (κ3) is 4.14. The second-order valence-corrected chi connectivity index (χ2v) is 5.71. The van der Waals surface area contributed by atoms with Crippen molar-refractivity contribution in [1.29, 1.82) is 0 Å². The zero-order valence-corrected chi connectivity index (χ0v) is 12.0. The Morgan fingerprint density at radius 1 is 1.29 bits per heavy atom. The minimum atomic E-state index is -1.23. The first-order valence-electron chi connectivity index (χ1n) is 5.73. The van der Waals surface area contributed by atoms with Crippen LogP contribution in [-0.2, 0) is 4.79 Å². The minimum Gasteiger partial charge on any atom is -0.478 e. The topological polar surface area (TPSA) is 66.4 Å². The van der Waals surface area contributed by atoms with E-state index in [-0.39, 0.29) is 11.3 Å². The van der Waals surface area contributed by atoms with E-state index in [1.54, 1.807) is 18.2 Å². The first-order valence-corrected chi connectivity index (χ1v) is 6.92. The molecule has 0 spiro atoms. The summed E-state index contributed by atoms with van der Waals surface area (Å²) in [5.74, 6) is -2.57. The van der Waals surface area contributed by atoms with E-state index in [2.05, 4.69) is 5.32 Å². The number of nitrogens with one attached hydrogen (secondary N) is 1. The molecule has 1 aromatic heterocycles. The number of amides is 1. The summed E-state index contributed by atoms with van der Waals surface area (Å²) in [7, 11) is 0. The normalized spacial score (nSPS) is 10.8. The van der Waals surface area contributed by atoms with Crippen molar-refractivity contribution in [2.45, 2.75) is 0 Å². The molecule has 7 heteroatoms. The predicted octanol–water partition coefficient (Wildman–Crippen LogP) is 3.89. The highest BCUT2D eigenvalue weighted by Gasteiger charge is 2.09. The van der Waals surface area contributed by atoms with E-state index >= 15 is 0 Å². The van der Waals surface area contributed by atoms with Crippen LogP contribution in [0.3, 0.4) is 0 Å². The van der Waals surface area contributed by atoms with Crippen LogP contribution in [-0.4, -0.2) is 17.0 Å². The molecule has 0 aliphatic heterocycles. The lowest BCUT2D eigenvalue weighted by molar-refractivity contribution is -0.111. The fraction of sp³-hybridized carbons (Fsp3) is 0. The molecule has 0 fully saturated rings. The Morgan fingerprint density at radius 3 is 2.62 bits per heavy atom. The molecule has 2 aromatic rings. The maximum absolute atomic E-state index is 13.6. The zero-order valence-electron chi connectivity index (χ0n) is 10.5. The predicted molar refractivity (Wildman–Crippen MR) is 80.4 cm³/mol. The van der Waals surface area contributed by atoms with Crippen LogP contribution in [0.2, 0.25) is 4.34 Å². The third-order valence-electron chi connectivity index (χ3n) is 2.47. The number of benzene rings is 1. The molecule has 4 nitrogen and oxygen atoms in total. The smallest absolute Gasteiger partial charge is 0.335 e. The third-order valence-corrected chi connectivity index (χ3v) is 3.66. The van der Waals surface area contributed by atoms with Crippen molar-refractivity contribution in [3.05, 3.63) is 57.0 Å². The fourth-order valence-corrected chi connectivity index (χ4v) is 2.46. The molecule has 0 bridgehead atoms. The average molecular weight is 326 g/mol. The summed E-state index contributed by atoms with van der Waals surface area (Å²) in [5, 5.41) is 11.1. The number of hydrogen-bond donors (Lipinski definition) is 2. The van der Waals surface area contributed by atoms with Crippen molar-refractivity contribution in [2.24, 2.45) is 0 Å². The summed E-state index contributed by atoms with van der Waals surface area (Å²) in [6.07, 6.45) is 2.79. The van der Waals surface area contributed by atoms with Gasteiger partial charge in [0.05, 0.1) is 15.6 Å². The molecular formula is C14H9ClFNO3S. The Morgan fingerprint density at radius 2 is 2.05 bits per heavy atom. The van der Waals surface area contributed by atoms with Crippen molar-refractivity contribution in [2.75, 3.05) is 5.32 Å². The summed E-state index contributed by atoms with van der Waals surface area (Å²) >= 11 is 7.06. The number of aromatic carboxylic acids is 1. The van der Waals surface area contributed by atoms with Gasteiger partial charge in [0.25, 0.3) is 0 Å². The van der Waals surface area contributed by atoms with Crippen LogP contribution >= 0.6 is 22.9 Å². The number of anilines is 1. The molecule has 21 heavy (non-hydrogen) atoms. The Balaban J connectivity index is 2.06. The molecule has 2 N–H and O–H groups in total. The monoisotopic (exact) mass is 325 g/mol. The lowest BCUT2D eigenvalue weighted by Gasteiger charge is -2.04. The number of hydrogen-bond acceptors (Lipinski definition) is 3. The molecule has 0 saturated carbocycles. The van der Waals surface area contributed by atoms with E-state index in [9.17, 15) is 14.0 Å². The van der Waals surface area contributed by atoms with Crippen LogP contribution in [0.1, 0.15) is 15.2 Å². The van der Waals surface area contributed by atoms with E-state index < -0.39 is 17.7 Å². The molecule has 0 radical (unpaired) electrons. The highest BCUT2D eigenvalue weighted by atomic mass is 35.5. The molecule has 0 atom stereocenters. The second-order valence-electron chi connectivity index (χ2n) is 3.96. The maximum Gasteiger partial charge on any atom is 0.335 e. The van der Waals surface area contributed by atoms with E-state index in [1.807, 2.05) is 0 Å². The molecule has 2 rings (SSSR count). The average Bonchev–Trinajstić information content (AvgIpc) is 2.84. The summed E-state index contributed by atoms with van der Waals surface area (Å²) in [6.45, 7) is 0. The Bertz CT molecular complexity index is 727. The largest absolute Gasteiger partial charge is 0.478 e. The molecule has 0 aliphatic rings. The van der Waals surface area contributed by atoms with Gasteiger partial charge in [-0.15, -0.1) is 11.3 Å². The number of carbonyl (C=O) groups is 2. The van der Waals surface area contributed by atoms with Gasteiger partial charge in [-0.25, -0.2) is 9.18 Å². The van der Waals surface area contributed by atoms with Gasteiger partial charge in [-0.2, -0.15) is 0 Å². The van der Waals surface area contributed by atoms with Gasteiger partial charge in [0.15, 0.2) is 0 Å². The Hall–Kier alpha value is -2.18. The Labute approximate surface area is 128 Å². The summed E-state index contributed by atoms with van der Waals surface area (Å²) < 4.78 is 14.2. The van der Waals surface area contributed by atoms with Crippen molar-refractivity contribution in [3.63, 3.8) is 0 Å². The van der Waals surface area contributed by atoms with E-state index in [4.69, 9.17) is 16.7 Å². The first kappa shape index (κ1) is 15.2. The minimum absolute atomic E-state index is 0.0844. The standard InChI is InChI=1S/C14H9ClFNO3S/c15-12-5-2-9(21-12)3-6-13(18)17-11-4-1-8(14(19)20)7-10(11)16/h1-7H,(H,17,18)(H,19,20). The van der Waals surface area contributed by atoms with Crippen LogP contribution < -0.4 is 5.32 Å². The number of carboxylic acids is 1. The lowest BCUT2D eigenvalue weighted by atomic mass is 10.2. The molecule has 1 aromatic carbocycles. The highest BCUT2D eigenvalue weighted by Crippen LogP contribution is 2.22. The summed E-state index contributed by atoms with van der Waals surface area (Å²) in [4.78, 5) is 23.1. The quantitative estimate of drug-likeness (QED) is 0.838. The van der Waals surface area contributed by atoms with Gasteiger partial charge < -0.3 is 10.4 Å². The molecule has 0 saturated heterocycles. The Kier molecular flexibility index (Phi) is 4.72. The lowest BCUT2D eigenvalue weighted by Crippen LogP contribution is -2.10. The molecule has 0 aliphatic carbocycles. The van der Waals surface area contributed by atoms with Crippen LogP contribution in [0.5, 0.6) is 0 Å². The SMILES string of the molecule is O=C(C=Cc1ccc(Cl)s1)Nc1ccc(C(=O)O)cc1F. The number of carbonyl (C=O) groups excluding carboxylic acids is 1. The van der Waals surface area contributed by atoms with Crippen LogP contribution in [0.4, 0.5) is 10.1 Å². The zero-order chi connectivity index (χ0) is 15.4. The van der Waals surface area contributed by atoms with Gasteiger partial charge in [-0.05, 0) is 36.4 Å². The van der Waals surface area contributed by atoms with Crippen LogP contribution in [0.25, 0.3) is 6.08 Å².